The lowest BCUT2D eigenvalue weighted by Crippen LogP contribution is -2.45. The highest BCUT2D eigenvalue weighted by atomic mass is 35.5. The van der Waals surface area contributed by atoms with Gasteiger partial charge >= 0.3 is 0 Å². The molecule has 3 aromatic rings. The number of nitrogens with one attached hydrogen (secondary N) is 1. The normalized spacial score (nSPS) is 19.5. The van der Waals surface area contributed by atoms with Crippen molar-refractivity contribution in [3.63, 3.8) is 0 Å². The summed E-state index contributed by atoms with van der Waals surface area (Å²) in [6, 6.07) is 11.1. The minimum Gasteiger partial charge on any atom is -0.616 e. The van der Waals surface area contributed by atoms with E-state index in [1.54, 1.807) is 35.0 Å². The van der Waals surface area contributed by atoms with E-state index in [-0.39, 0.29) is 28.9 Å². The molecule has 10 heteroatoms. The van der Waals surface area contributed by atoms with E-state index in [0.29, 0.717) is 27.0 Å². The fourth-order valence-electron chi connectivity index (χ4n) is 4.45. The van der Waals surface area contributed by atoms with Gasteiger partial charge in [0.05, 0.1) is 22.0 Å². The first-order chi connectivity index (χ1) is 16.9. The molecule has 0 spiro atoms. The second-order valence-electron chi connectivity index (χ2n) is 8.62. The molecule has 2 aromatic carbocycles. The Morgan fingerprint density at radius 3 is 2.54 bits per heavy atom. The molecule has 0 aliphatic carbocycles. The monoisotopic (exact) mass is 532 g/mol. The number of carbonyl (C=O) groups excluding carboxylic acids is 1. The van der Waals surface area contributed by atoms with Crippen LogP contribution in [0.25, 0.3) is 17.3 Å². The first-order valence-electron chi connectivity index (χ1n) is 11.3. The Hall–Kier alpha value is -2.36. The molecule has 1 N–H and O–H groups in total. The molecule has 0 saturated carbocycles. The molecule has 182 valence electrons. The van der Waals surface area contributed by atoms with Crippen molar-refractivity contribution in [1.82, 2.24) is 20.2 Å². The molecule has 35 heavy (non-hydrogen) atoms. The summed E-state index contributed by atoms with van der Waals surface area (Å²) in [6.07, 6.45) is 5.02. The quantitative estimate of drug-likeness (QED) is 0.465. The van der Waals surface area contributed by atoms with Gasteiger partial charge in [0.2, 0.25) is 0 Å². The van der Waals surface area contributed by atoms with Gasteiger partial charge in [-0.05, 0) is 66.0 Å². The van der Waals surface area contributed by atoms with Crippen LogP contribution < -0.4 is 5.43 Å². The third-order valence-corrected chi connectivity index (χ3v) is 7.87. The Labute approximate surface area is 215 Å². The number of nitrogens with zero attached hydrogens (tertiary/aromatic N) is 3. The van der Waals surface area contributed by atoms with Crippen molar-refractivity contribution < 1.29 is 13.7 Å². The average molecular weight is 533 g/mol. The first kappa shape index (κ1) is 24.3. The van der Waals surface area contributed by atoms with Crippen LogP contribution in [0.5, 0.6) is 0 Å². The predicted molar refractivity (Wildman–Crippen MR) is 137 cm³/mol. The maximum atomic E-state index is 13.5. The van der Waals surface area contributed by atoms with E-state index >= 15 is 0 Å². The van der Waals surface area contributed by atoms with Gasteiger partial charge in [0.25, 0.3) is 5.91 Å². The second-order valence-corrected chi connectivity index (χ2v) is 10.9. The summed E-state index contributed by atoms with van der Waals surface area (Å²) in [5.41, 5.74) is 6.49. The minimum absolute atomic E-state index is 0.198. The summed E-state index contributed by atoms with van der Waals surface area (Å²) in [5.74, 6) is -0.208. The number of benzene rings is 2. The molecule has 1 amide bonds. The molecule has 1 saturated heterocycles. The van der Waals surface area contributed by atoms with Crippen LogP contribution in [0.1, 0.15) is 46.6 Å². The number of hydrogen-bond acceptors (Lipinski definition) is 4. The van der Waals surface area contributed by atoms with Crippen molar-refractivity contribution in [2.75, 3.05) is 18.8 Å². The highest BCUT2D eigenvalue weighted by Gasteiger charge is 2.35. The van der Waals surface area contributed by atoms with Gasteiger partial charge in [-0.3, -0.25) is 10.2 Å². The topological polar surface area (TPSA) is 73.2 Å². The van der Waals surface area contributed by atoms with Crippen molar-refractivity contribution in [3.8, 4) is 5.69 Å². The van der Waals surface area contributed by atoms with Gasteiger partial charge in [-0.2, -0.15) is 5.10 Å². The van der Waals surface area contributed by atoms with Crippen molar-refractivity contribution in [1.29, 1.82) is 0 Å². The van der Waals surface area contributed by atoms with E-state index in [4.69, 9.17) is 23.2 Å². The number of hydrogen-bond donors (Lipinski definition) is 1. The number of piperidine rings is 1. The van der Waals surface area contributed by atoms with Crippen LogP contribution in [0.15, 0.2) is 42.5 Å². The standard InChI is InChI=1S/C25H23Cl2FN4O2S/c26-18-6-9-22(21(27)13-18)32-24-17(12-16-4-7-19(28)8-5-16)14-35(34)15-20(24)23(29-32)25(33)30-31-10-2-1-3-11-31/h4-9,12-13H,1-3,10-11,14-15H2,(H,30,33)/b17-12+. The van der Waals surface area contributed by atoms with Gasteiger partial charge in [0, 0.05) is 23.7 Å². The maximum absolute atomic E-state index is 13.5. The van der Waals surface area contributed by atoms with E-state index in [0.717, 1.165) is 43.5 Å². The Kier molecular flexibility index (Phi) is 7.18. The van der Waals surface area contributed by atoms with Crippen LogP contribution in [0.2, 0.25) is 10.0 Å². The molecule has 6 nitrogen and oxygen atoms in total. The highest BCUT2D eigenvalue weighted by Crippen LogP contribution is 2.36. The summed E-state index contributed by atoms with van der Waals surface area (Å²) >= 11 is 11.4. The van der Waals surface area contributed by atoms with Crippen LogP contribution in [0.4, 0.5) is 4.39 Å². The highest BCUT2D eigenvalue weighted by molar-refractivity contribution is 7.91. The Morgan fingerprint density at radius 2 is 1.83 bits per heavy atom. The molecule has 0 radical (unpaired) electrons. The van der Waals surface area contributed by atoms with Crippen LogP contribution >= 0.6 is 23.2 Å². The largest absolute Gasteiger partial charge is 0.616 e. The van der Waals surface area contributed by atoms with Gasteiger partial charge in [0.15, 0.2) is 5.69 Å². The molecular weight excluding hydrogens is 510 g/mol. The first-order valence-corrected chi connectivity index (χ1v) is 13.6. The third-order valence-electron chi connectivity index (χ3n) is 6.09. The van der Waals surface area contributed by atoms with Crippen molar-refractivity contribution in [3.05, 3.63) is 80.8 Å². The Balaban J connectivity index is 1.64. The average Bonchev–Trinajstić information content (AvgIpc) is 3.20. The molecule has 1 fully saturated rings. The number of rotatable bonds is 4. The molecule has 0 bridgehead atoms. The predicted octanol–water partition coefficient (Wildman–Crippen LogP) is 5.25. The molecule has 2 aliphatic rings. The summed E-state index contributed by atoms with van der Waals surface area (Å²) < 4.78 is 28.0. The number of aromatic nitrogens is 2. The van der Waals surface area contributed by atoms with E-state index in [1.807, 2.05) is 11.1 Å². The maximum Gasteiger partial charge on any atom is 0.286 e. The van der Waals surface area contributed by atoms with E-state index in [1.165, 1.54) is 12.1 Å². The van der Waals surface area contributed by atoms with Crippen LogP contribution in [-0.4, -0.2) is 44.1 Å². The lowest BCUT2D eigenvalue weighted by Gasteiger charge is -2.26. The lowest BCUT2D eigenvalue weighted by molar-refractivity contribution is 0.0743. The summed E-state index contributed by atoms with van der Waals surface area (Å²) in [5, 5.41) is 7.43. The van der Waals surface area contributed by atoms with Crippen molar-refractivity contribution >= 4 is 51.9 Å². The zero-order valence-electron chi connectivity index (χ0n) is 18.8. The summed E-state index contributed by atoms with van der Waals surface area (Å²) in [7, 11) is 0. The van der Waals surface area contributed by atoms with E-state index in [2.05, 4.69) is 10.5 Å². The van der Waals surface area contributed by atoms with Gasteiger partial charge in [0.1, 0.15) is 17.3 Å². The fraction of sp³-hybridized carbons (Fsp3) is 0.280. The minimum atomic E-state index is -1.24. The van der Waals surface area contributed by atoms with E-state index < -0.39 is 11.2 Å². The van der Waals surface area contributed by atoms with Gasteiger partial charge < -0.3 is 4.55 Å². The molecule has 5 rings (SSSR count). The number of carbonyl (C=O) groups is 1. The molecule has 1 atom stereocenters. The SMILES string of the molecule is O=C(NN1CCCCC1)c1nn(-c2ccc(Cl)cc2Cl)c2c1C[S+]([O-])C/C2=C\c1ccc(F)cc1. The Bertz CT molecular complexity index is 1290. The van der Waals surface area contributed by atoms with Gasteiger partial charge in [-0.15, -0.1) is 0 Å². The number of hydrazine groups is 1. The van der Waals surface area contributed by atoms with Gasteiger partial charge in [-0.1, -0.05) is 41.8 Å². The smallest absolute Gasteiger partial charge is 0.286 e. The van der Waals surface area contributed by atoms with E-state index in [9.17, 15) is 13.7 Å². The van der Waals surface area contributed by atoms with Crippen molar-refractivity contribution in [2.24, 2.45) is 0 Å². The molecule has 1 unspecified atom stereocenters. The zero-order valence-corrected chi connectivity index (χ0v) is 21.1. The number of halogens is 3. The fourth-order valence-corrected chi connectivity index (χ4v) is 6.21. The molecule has 3 heterocycles. The van der Waals surface area contributed by atoms with Gasteiger partial charge in [-0.25, -0.2) is 14.1 Å². The Morgan fingerprint density at radius 1 is 1.09 bits per heavy atom. The molecular formula is C25H23Cl2FN4O2S. The second kappa shape index (κ2) is 10.3. The van der Waals surface area contributed by atoms with Crippen LogP contribution in [0, 0.1) is 5.82 Å². The van der Waals surface area contributed by atoms with Crippen molar-refractivity contribution in [2.45, 2.75) is 25.0 Å². The molecule has 2 aliphatic heterocycles. The zero-order chi connectivity index (χ0) is 24.5. The van der Waals surface area contributed by atoms with Crippen LogP contribution in [-0.2, 0) is 16.9 Å². The lowest BCUT2D eigenvalue weighted by atomic mass is 10.0. The number of amides is 1. The summed E-state index contributed by atoms with van der Waals surface area (Å²) in [4.78, 5) is 13.3. The third kappa shape index (κ3) is 5.27. The number of fused-ring (bicyclic) bond motifs is 1. The summed E-state index contributed by atoms with van der Waals surface area (Å²) in [6.45, 7) is 1.55. The van der Waals surface area contributed by atoms with Crippen LogP contribution in [0.3, 0.4) is 0 Å². The molecule has 1 aromatic heterocycles.